The van der Waals surface area contributed by atoms with Crippen molar-refractivity contribution in [1.29, 1.82) is 0 Å². The molecule has 2 N–H and O–H groups in total. The summed E-state index contributed by atoms with van der Waals surface area (Å²) in [4.78, 5) is 16.3. The van der Waals surface area contributed by atoms with E-state index in [0.717, 1.165) is 8.95 Å². The predicted molar refractivity (Wildman–Crippen MR) is 141 cm³/mol. The first-order chi connectivity index (χ1) is 15.7. The highest BCUT2D eigenvalue weighted by Crippen LogP contribution is 2.25. The third kappa shape index (κ3) is 6.79. The number of para-hydroxylation sites is 2. The molecule has 0 aliphatic heterocycles. The van der Waals surface area contributed by atoms with Crippen LogP contribution < -0.4 is 10.6 Å². The topological polar surface area (TPSA) is 75.6 Å². The second kappa shape index (κ2) is 10.0. The van der Waals surface area contributed by atoms with Gasteiger partial charge in [-0.3, -0.25) is 0 Å². The Balaban J connectivity index is 0.000000191. The molecule has 4 rings (SSSR count). The van der Waals surface area contributed by atoms with Crippen LogP contribution in [0.3, 0.4) is 0 Å². The summed E-state index contributed by atoms with van der Waals surface area (Å²) in [5.74, 6) is -0.801. The summed E-state index contributed by atoms with van der Waals surface area (Å²) >= 11 is 6.71. The molecule has 0 saturated heterocycles. The molecule has 0 atom stereocenters. The number of nitrogens with zero attached hydrogens (tertiary/aromatic N) is 4. The van der Waals surface area contributed by atoms with Gasteiger partial charge < -0.3 is 10.6 Å². The lowest BCUT2D eigenvalue weighted by molar-refractivity contribution is 0.566. The highest BCUT2D eigenvalue weighted by atomic mass is 79.9. The molecule has 0 saturated carbocycles. The van der Waals surface area contributed by atoms with Crippen molar-refractivity contribution in [3.63, 3.8) is 0 Å². The number of aromatic nitrogens is 4. The standard InChI is InChI=1S/2C12H13BrFN3/c1-12(2,3)17-11-10(14)16-9-7(13)5-4-6-8(9)15-11;1-12(2,3)17-11-10(14)15-8-6-4-5-7(13)9(8)16-11/h4-6H,1-3H3,(H,15,17);4-6H,1-3H3,(H,16,17). The van der Waals surface area contributed by atoms with E-state index in [1.54, 1.807) is 18.2 Å². The Morgan fingerprint density at radius 2 is 1.03 bits per heavy atom. The summed E-state index contributed by atoms with van der Waals surface area (Å²) in [5.41, 5.74) is 1.87. The van der Waals surface area contributed by atoms with E-state index in [9.17, 15) is 8.78 Å². The van der Waals surface area contributed by atoms with E-state index in [4.69, 9.17) is 0 Å². The number of hydrogen-bond donors (Lipinski definition) is 2. The summed E-state index contributed by atoms with van der Waals surface area (Å²) in [6.07, 6.45) is 0. The summed E-state index contributed by atoms with van der Waals surface area (Å²) in [5, 5.41) is 6.00. The quantitative estimate of drug-likeness (QED) is 0.250. The van der Waals surface area contributed by atoms with Crippen LogP contribution in [-0.4, -0.2) is 31.0 Å². The zero-order valence-electron chi connectivity index (χ0n) is 19.8. The van der Waals surface area contributed by atoms with Crippen molar-refractivity contribution in [3.8, 4) is 0 Å². The molecule has 2 heterocycles. The second-order valence-electron chi connectivity index (χ2n) is 9.69. The molecule has 0 amide bonds. The maximum Gasteiger partial charge on any atom is 0.256 e. The average molecular weight is 596 g/mol. The Morgan fingerprint density at radius 1 is 0.618 bits per heavy atom. The number of anilines is 2. The minimum atomic E-state index is -0.584. The number of rotatable bonds is 2. The monoisotopic (exact) mass is 594 g/mol. The minimum Gasteiger partial charge on any atom is -0.362 e. The lowest BCUT2D eigenvalue weighted by atomic mass is 10.1. The van der Waals surface area contributed by atoms with Gasteiger partial charge in [0.15, 0.2) is 11.6 Å². The van der Waals surface area contributed by atoms with Crippen molar-refractivity contribution in [1.82, 2.24) is 19.9 Å². The molecule has 0 bridgehead atoms. The van der Waals surface area contributed by atoms with Crippen molar-refractivity contribution in [2.75, 3.05) is 10.6 Å². The Labute approximate surface area is 214 Å². The van der Waals surface area contributed by atoms with Crippen LogP contribution in [0.5, 0.6) is 0 Å². The maximum absolute atomic E-state index is 13.8. The van der Waals surface area contributed by atoms with Gasteiger partial charge in [0.25, 0.3) is 11.9 Å². The van der Waals surface area contributed by atoms with Crippen LogP contribution in [0.2, 0.25) is 0 Å². The molecule has 180 valence electrons. The lowest BCUT2D eigenvalue weighted by Gasteiger charge is -2.21. The average Bonchev–Trinajstić information content (AvgIpc) is 2.69. The molecule has 10 heteroatoms. The molecule has 0 fully saturated rings. The zero-order chi connectivity index (χ0) is 25.3. The fraction of sp³-hybridized carbons (Fsp3) is 0.333. The van der Waals surface area contributed by atoms with Crippen molar-refractivity contribution in [2.45, 2.75) is 52.6 Å². The van der Waals surface area contributed by atoms with Crippen molar-refractivity contribution in [2.24, 2.45) is 0 Å². The summed E-state index contributed by atoms with van der Waals surface area (Å²) < 4.78 is 29.0. The molecule has 0 aliphatic carbocycles. The molecule has 0 aliphatic rings. The molecule has 34 heavy (non-hydrogen) atoms. The second-order valence-corrected chi connectivity index (χ2v) is 11.4. The van der Waals surface area contributed by atoms with Crippen molar-refractivity contribution in [3.05, 3.63) is 57.2 Å². The third-order valence-corrected chi connectivity index (χ3v) is 5.47. The van der Waals surface area contributed by atoms with Gasteiger partial charge in [-0.05, 0) is 97.7 Å². The van der Waals surface area contributed by atoms with Crippen molar-refractivity contribution < 1.29 is 8.78 Å². The zero-order valence-corrected chi connectivity index (χ0v) is 22.9. The fourth-order valence-electron chi connectivity index (χ4n) is 2.91. The fourth-order valence-corrected chi connectivity index (χ4v) is 3.80. The highest BCUT2D eigenvalue weighted by molar-refractivity contribution is 9.11. The van der Waals surface area contributed by atoms with Crippen LogP contribution >= 0.6 is 31.9 Å². The van der Waals surface area contributed by atoms with Crippen LogP contribution in [0.25, 0.3) is 22.1 Å². The van der Waals surface area contributed by atoms with Crippen LogP contribution in [-0.2, 0) is 0 Å². The molecule has 6 nitrogen and oxygen atoms in total. The molecule has 0 spiro atoms. The lowest BCUT2D eigenvalue weighted by Crippen LogP contribution is -2.27. The molecule has 0 radical (unpaired) electrons. The molecule has 4 aromatic rings. The predicted octanol–water partition coefficient (Wildman–Crippen LogP) is 7.48. The Kier molecular flexibility index (Phi) is 7.72. The molecular weight excluding hydrogens is 570 g/mol. The van der Waals surface area contributed by atoms with E-state index in [1.165, 1.54) is 0 Å². The highest BCUT2D eigenvalue weighted by Gasteiger charge is 2.17. The summed E-state index contributed by atoms with van der Waals surface area (Å²) in [7, 11) is 0. The Morgan fingerprint density at radius 3 is 1.53 bits per heavy atom. The van der Waals surface area contributed by atoms with E-state index in [2.05, 4.69) is 62.4 Å². The number of hydrogen-bond acceptors (Lipinski definition) is 6. The smallest absolute Gasteiger partial charge is 0.256 e. The van der Waals surface area contributed by atoms with Gasteiger partial charge in [0.2, 0.25) is 0 Å². The van der Waals surface area contributed by atoms with E-state index in [-0.39, 0.29) is 22.7 Å². The van der Waals surface area contributed by atoms with E-state index in [1.807, 2.05) is 59.7 Å². The van der Waals surface area contributed by atoms with Crippen LogP contribution in [0.15, 0.2) is 45.3 Å². The van der Waals surface area contributed by atoms with E-state index >= 15 is 0 Å². The molecule has 2 aromatic carbocycles. The molecular formula is C24H26Br2F2N6. The molecule has 2 aromatic heterocycles. The summed E-state index contributed by atoms with van der Waals surface area (Å²) in [6, 6.07) is 10.9. The Bertz CT molecular complexity index is 1330. The van der Waals surface area contributed by atoms with Gasteiger partial charge in [-0.15, -0.1) is 0 Å². The van der Waals surface area contributed by atoms with Gasteiger partial charge in [-0.25, -0.2) is 19.9 Å². The van der Waals surface area contributed by atoms with Gasteiger partial charge in [0, 0.05) is 20.0 Å². The Hall–Kier alpha value is -2.46. The number of fused-ring (bicyclic) bond motifs is 2. The van der Waals surface area contributed by atoms with Crippen molar-refractivity contribution >= 4 is 65.6 Å². The largest absolute Gasteiger partial charge is 0.362 e. The number of benzene rings is 2. The number of nitrogens with one attached hydrogen (secondary N) is 2. The SMILES string of the molecule is CC(C)(C)Nc1nc2c(Br)cccc2nc1F.CC(C)(C)Nc1nc2cccc(Br)c2nc1F. The normalized spacial score (nSPS) is 11.8. The van der Waals surface area contributed by atoms with Gasteiger partial charge >= 0.3 is 0 Å². The van der Waals surface area contributed by atoms with Crippen LogP contribution in [0.4, 0.5) is 20.4 Å². The van der Waals surface area contributed by atoms with E-state index in [0.29, 0.717) is 22.1 Å². The van der Waals surface area contributed by atoms with Crippen LogP contribution in [0, 0.1) is 11.9 Å². The minimum absolute atomic E-state index is 0.178. The van der Waals surface area contributed by atoms with E-state index < -0.39 is 11.9 Å². The number of halogens is 4. The third-order valence-electron chi connectivity index (χ3n) is 4.19. The maximum atomic E-state index is 13.8. The first kappa shape index (κ1) is 26.2. The first-order valence-corrected chi connectivity index (χ1v) is 12.1. The summed E-state index contributed by atoms with van der Waals surface area (Å²) in [6.45, 7) is 11.7. The van der Waals surface area contributed by atoms with Gasteiger partial charge in [-0.2, -0.15) is 8.78 Å². The van der Waals surface area contributed by atoms with Gasteiger partial charge in [0.1, 0.15) is 11.0 Å². The first-order valence-electron chi connectivity index (χ1n) is 10.5. The van der Waals surface area contributed by atoms with Crippen LogP contribution in [0.1, 0.15) is 41.5 Å². The van der Waals surface area contributed by atoms with Gasteiger partial charge in [-0.1, -0.05) is 12.1 Å². The molecule has 0 unspecified atom stereocenters. The van der Waals surface area contributed by atoms with Gasteiger partial charge in [0.05, 0.1) is 11.0 Å².